The minimum Gasteiger partial charge on any atom is -0.477 e. The fraction of sp³-hybridized carbons (Fsp3) is 0.188. The van der Waals surface area contributed by atoms with E-state index in [1.54, 1.807) is 6.92 Å². The number of allylic oxidation sites excluding steroid dienone is 2. The van der Waals surface area contributed by atoms with Crippen LogP contribution in [0.2, 0.25) is 0 Å². The average molecular weight is 251 g/mol. The first-order chi connectivity index (χ1) is 9.27. The second-order valence-electron chi connectivity index (χ2n) is 4.95. The number of carbonyl (C=O) groups excluding carboxylic acids is 1. The lowest BCUT2D eigenvalue weighted by Crippen LogP contribution is -2.39. The van der Waals surface area contributed by atoms with E-state index in [9.17, 15) is 4.79 Å². The number of amides is 1. The van der Waals surface area contributed by atoms with Crippen LogP contribution in [0.3, 0.4) is 0 Å². The van der Waals surface area contributed by atoms with Gasteiger partial charge in [0.25, 0.3) is 0 Å². The van der Waals surface area contributed by atoms with Crippen molar-refractivity contribution in [2.75, 3.05) is 4.90 Å². The Hall–Kier alpha value is -2.29. The molecule has 19 heavy (non-hydrogen) atoms. The van der Waals surface area contributed by atoms with Gasteiger partial charge in [0.15, 0.2) is 6.10 Å². The molecule has 0 radical (unpaired) electrons. The maximum atomic E-state index is 12.1. The first-order valence-electron chi connectivity index (χ1n) is 6.41. The summed E-state index contributed by atoms with van der Waals surface area (Å²) in [5.74, 6) is 1.05. The van der Waals surface area contributed by atoms with E-state index in [4.69, 9.17) is 4.74 Å². The second kappa shape index (κ2) is 3.60. The van der Waals surface area contributed by atoms with E-state index < -0.39 is 0 Å². The summed E-state index contributed by atoms with van der Waals surface area (Å²) in [5.41, 5.74) is 3.13. The molecule has 1 fully saturated rings. The molecule has 0 aromatic heterocycles. The molecule has 1 aromatic carbocycles. The summed E-state index contributed by atoms with van der Waals surface area (Å²) in [6.45, 7) is 1.61. The molecule has 1 aliphatic carbocycles. The summed E-state index contributed by atoms with van der Waals surface area (Å²) in [6, 6.07) is 7.93. The first-order valence-corrected chi connectivity index (χ1v) is 6.41. The molecule has 2 unspecified atom stereocenters. The molecule has 1 saturated heterocycles. The number of hydrogen-bond donors (Lipinski definition) is 0. The number of rotatable bonds is 0. The third kappa shape index (κ3) is 1.41. The lowest BCUT2D eigenvalue weighted by molar-refractivity contribution is -0.116. The quantitative estimate of drug-likeness (QED) is 0.664. The number of benzene rings is 1. The van der Waals surface area contributed by atoms with E-state index in [1.807, 2.05) is 53.5 Å². The fourth-order valence-electron chi connectivity index (χ4n) is 2.94. The zero-order valence-electron chi connectivity index (χ0n) is 10.5. The highest BCUT2D eigenvalue weighted by atomic mass is 16.6. The molecule has 0 saturated carbocycles. The second-order valence-corrected chi connectivity index (χ2v) is 4.95. The van der Waals surface area contributed by atoms with Crippen molar-refractivity contribution in [2.24, 2.45) is 0 Å². The van der Waals surface area contributed by atoms with Crippen LogP contribution in [0, 0.1) is 0 Å². The maximum absolute atomic E-state index is 12.1. The van der Waals surface area contributed by atoms with Crippen molar-refractivity contribution in [3.8, 4) is 0 Å². The standard InChI is InChI=1S/C16H13NO2/c1-10(18)17-13-8-4-2-6-11(13)15-16(19-15)12-7-3-5-9-14(12)17/h2-9,13,16H,1H3. The zero-order valence-corrected chi connectivity index (χ0v) is 10.5. The molecule has 1 amide bonds. The predicted molar refractivity (Wildman–Crippen MR) is 72.5 cm³/mol. The van der Waals surface area contributed by atoms with Gasteiger partial charge in [0, 0.05) is 18.1 Å². The van der Waals surface area contributed by atoms with Gasteiger partial charge in [-0.1, -0.05) is 42.5 Å². The van der Waals surface area contributed by atoms with Gasteiger partial charge < -0.3 is 9.64 Å². The molecule has 0 spiro atoms. The van der Waals surface area contributed by atoms with Gasteiger partial charge in [-0.3, -0.25) is 4.79 Å². The Morgan fingerprint density at radius 3 is 2.95 bits per heavy atom. The van der Waals surface area contributed by atoms with Gasteiger partial charge >= 0.3 is 0 Å². The van der Waals surface area contributed by atoms with Crippen LogP contribution >= 0.6 is 0 Å². The van der Waals surface area contributed by atoms with Crippen LogP contribution in [0.15, 0.2) is 59.9 Å². The van der Waals surface area contributed by atoms with Gasteiger partial charge in [-0.2, -0.15) is 0 Å². The summed E-state index contributed by atoms with van der Waals surface area (Å²) in [4.78, 5) is 13.9. The monoisotopic (exact) mass is 251 g/mol. The molecular weight excluding hydrogens is 238 g/mol. The molecule has 2 aliphatic heterocycles. The Morgan fingerprint density at radius 2 is 2.11 bits per heavy atom. The molecule has 2 heterocycles. The van der Waals surface area contributed by atoms with Gasteiger partial charge in [0.1, 0.15) is 5.76 Å². The number of ether oxygens (including phenoxy) is 1. The van der Waals surface area contributed by atoms with E-state index in [1.165, 1.54) is 0 Å². The zero-order chi connectivity index (χ0) is 13.0. The van der Waals surface area contributed by atoms with E-state index in [0.29, 0.717) is 0 Å². The summed E-state index contributed by atoms with van der Waals surface area (Å²) < 4.78 is 5.74. The molecular formula is C16H13NO2. The van der Waals surface area contributed by atoms with Gasteiger partial charge in [-0.15, -0.1) is 0 Å². The minimum atomic E-state index is -0.0499. The average Bonchev–Trinajstić information content (AvgIpc) is 3.19. The summed E-state index contributed by atoms with van der Waals surface area (Å²) >= 11 is 0. The van der Waals surface area contributed by atoms with E-state index >= 15 is 0 Å². The molecule has 0 bridgehead atoms. The highest BCUT2D eigenvalue weighted by Gasteiger charge is 2.45. The van der Waals surface area contributed by atoms with Crippen LogP contribution in [0.5, 0.6) is 0 Å². The minimum absolute atomic E-state index is 0.0224. The number of anilines is 1. The van der Waals surface area contributed by atoms with Crippen LogP contribution < -0.4 is 4.90 Å². The van der Waals surface area contributed by atoms with Crippen molar-refractivity contribution in [3.63, 3.8) is 0 Å². The van der Waals surface area contributed by atoms with Crippen LogP contribution in [0.1, 0.15) is 18.6 Å². The van der Waals surface area contributed by atoms with Crippen LogP contribution in [-0.4, -0.2) is 11.9 Å². The highest BCUT2D eigenvalue weighted by molar-refractivity contribution is 5.95. The number of hydrogen-bond acceptors (Lipinski definition) is 2. The van der Waals surface area contributed by atoms with Gasteiger partial charge in [-0.25, -0.2) is 0 Å². The van der Waals surface area contributed by atoms with E-state index in [-0.39, 0.29) is 18.1 Å². The van der Waals surface area contributed by atoms with E-state index in [0.717, 1.165) is 22.6 Å². The van der Waals surface area contributed by atoms with Gasteiger partial charge in [0.05, 0.1) is 11.7 Å². The molecule has 4 rings (SSSR count). The molecule has 94 valence electrons. The Bertz CT molecular complexity index is 669. The Morgan fingerprint density at radius 1 is 1.26 bits per heavy atom. The van der Waals surface area contributed by atoms with Crippen LogP contribution in [-0.2, 0) is 9.53 Å². The Kier molecular flexibility index (Phi) is 2.01. The highest BCUT2D eigenvalue weighted by Crippen LogP contribution is 2.52. The van der Waals surface area contributed by atoms with Crippen molar-refractivity contribution in [1.82, 2.24) is 0 Å². The SMILES string of the molecule is CC(=O)N1c2ccccc2C2OC2=C2C=CC=CC21. The van der Waals surface area contributed by atoms with Crippen molar-refractivity contribution < 1.29 is 9.53 Å². The molecule has 1 aromatic rings. The van der Waals surface area contributed by atoms with Crippen LogP contribution in [0.4, 0.5) is 5.69 Å². The smallest absolute Gasteiger partial charge is 0.224 e. The summed E-state index contributed by atoms with van der Waals surface area (Å²) in [5, 5.41) is 0. The topological polar surface area (TPSA) is 32.8 Å². The third-order valence-electron chi connectivity index (χ3n) is 3.81. The summed E-state index contributed by atoms with van der Waals surface area (Å²) in [7, 11) is 0. The number of para-hydroxylation sites is 1. The lowest BCUT2D eigenvalue weighted by Gasteiger charge is -2.30. The number of carbonyl (C=O) groups is 1. The van der Waals surface area contributed by atoms with Crippen molar-refractivity contribution in [2.45, 2.75) is 19.1 Å². The summed E-state index contributed by atoms with van der Waals surface area (Å²) in [6.07, 6.45) is 8.09. The Labute approximate surface area is 111 Å². The van der Waals surface area contributed by atoms with Gasteiger partial charge in [-0.05, 0) is 6.07 Å². The molecule has 2 atom stereocenters. The van der Waals surface area contributed by atoms with Crippen molar-refractivity contribution in [3.05, 3.63) is 65.5 Å². The van der Waals surface area contributed by atoms with E-state index in [2.05, 4.69) is 0 Å². The largest absolute Gasteiger partial charge is 0.477 e. The molecule has 3 heteroatoms. The molecule has 0 N–H and O–H groups in total. The normalized spacial score (nSPS) is 26.1. The fourth-order valence-corrected chi connectivity index (χ4v) is 2.94. The van der Waals surface area contributed by atoms with Crippen molar-refractivity contribution >= 4 is 11.6 Å². The maximum Gasteiger partial charge on any atom is 0.224 e. The first kappa shape index (κ1) is 10.6. The predicted octanol–water partition coefficient (Wildman–Crippen LogP) is 2.87. The number of nitrogens with zero attached hydrogens (tertiary/aromatic N) is 1. The number of fused-ring (bicyclic) bond motifs is 4. The molecule has 3 nitrogen and oxygen atoms in total. The third-order valence-corrected chi connectivity index (χ3v) is 3.81. The molecule has 3 aliphatic rings. The Balaban J connectivity index is 1.97. The number of epoxide rings is 1. The van der Waals surface area contributed by atoms with Crippen LogP contribution in [0.25, 0.3) is 0 Å². The van der Waals surface area contributed by atoms with Crippen molar-refractivity contribution in [1.29, 1.82) is 0 Å². The van der Waals surface area contributed by atoms with Gasteiger partial charge in [0.2, 0.25) is 5.91 Å². The lowest BCUT2D eigenvalue weighted by atomic mass is 10.00.